The fraction of sp³-hybridized carbons (Fsp3) is 1.00. The van der Waals surface area contributed by atoms with Gasteiger partial charge in [-0.05, 0) is 44.7 Å². The molecular formula is C16H34N2. The van der Waals surface area contributed by atoms with Gasteiger partial charge < -0.3 is 10.6 Å². The molecule has 1 fully saturated rings. The van der Waals surface area contributed by atoms with Crippen LogP contribution in [0.5, 0.6) is 0 Å². The molecule has 0 unspecified atom stereocenters. The van der Waals surface area contributed by atoms with Crippen LogP contribution in [0.1, 0.15) is 71.6 Å². The topological polar surface area (TPSA) is 29.3 Å². The molecule has 0 aromatic carbocycles. The lowest BCUT2D eigenvalue weighted by atomic mass is 10.1. The minimum Gasteiger partial charge on any atom is -0.330 e. The molecule has 2 N–H and O–H groups in total. The SMILES string of the molecule is CC(C)CN(CCCCCCCN)C1CCCC1. The molecule has 1 rings (SSSR count). The molecule has 2 nitrogen and oxygen atoms in total. The van der Waals surface area contributed by atoms with Crippen LogP contribution in [-0.2, 0) is 0 Å². The van der Waals surface area contributed by atoms with E-state index in [1.165, 1.54) is 70.9 Å². The predicted octanol–water partition coefficient (Wildman–Crippen LogP) is 3.80. The van der Waals surface area contributed by atoms with Gasteiger partial charge in [-0.25, -0.2) is 0 Å². The van der Waals surface area contributed by atoms with Crippen molar-refractivity contribution in [1.82, 2.24) is 4.90 Å². The van der Waals surface area contributed by atoms with Gasteiger partial charge in [0.05, 0.1) is 0 Å². The van der Waals surface area contributed by atoms with Crippen LogP contribution in [0.15, 0.2) is 0 Å². The van der Waals surface area contributed by atoms with E-state index in [0.29, 0.717) is 0 Å². The Balaban J connectivity index is 2.15. The van der Waals surface area contributed by atoms with Gasteiger partial charge in [0.15, 0.2) is 0 Å². The molecule has 1 saturated carbocycles. The summed E-state index contributed by atoms with van der Waals surface area (Å²) < 4.78 is 0. The molecule has 0 aromatic heterocycles. The van der Waals surface area contributed by atoms with Crippen molar-refractivity contribution in [3.8, 4) is 0 Å². The Morgan fingerprint density at radius 1 is 1.00 bits per heavy atom. The lowest BCUT2D eigenvalue weighted by molar-refractivity contribution is 0.173. The molecule has 0 aromatic rings. The first-order valence-electron chi connectivity index (χ1n) is 8.18. The summed E-state index contributed by atoms with van der Waals surface area (Å²) in [5.41, 5.74) is 5.52. The highest BCUT2D eigenvalue weighted by molar-refractivity contribution is 4.78. The number of nitrogens with zero attached hydrogens (tertiary/aromatic N) is 1. The molecule has 0 bridgehead atoms. The Labute approximate surface area is 114 Å². The van der Waals surface area contributed by atoms with Crippen molar-refractivity contribution in [3.05, 3.63) is 0 Å². The van der Waals surface area contributed by atoms with Crippen LogP contribution in [0, 0.1) is 5.92 Å². The average molecular weight is 254 g/mol. The van der Waals surface area contributed by atoms with Crippen molar-refractivity contribution in [2.75, 3.05) is 19.6 Å². The highest BCUT2D eigenvalue weighted by atomic mass is 15.2. The van der Waals surface area contributed by atoms with Crippen LogP contribution in [0.25, 0.3) is 0 Å². The van der Waals surface area contributed by atoms with Crippen molar-refractivity contribution in [1.29, 1.82) is 0 Å². The Hall–Kier alpha value is -0.0800. The minimum atomic E-state index is 0.808. The normalized spacial score (nSPS) is 17.2. The molecule has 0 atom stereocenters. The molecule has 1 aliphatic rings. The molecule has 0 spiro atoms. The summed E-state index contributed by atoms with van der Waals surface area (Å²) in [5.74, 6) is 0.808. The molecule has 0 amide bonds. The number of unbranched alkanes of at least 4 members (excludes halogenated alkanes) is 4. The second-order valence-corrected chi connectivity index (χ2v) is 6.38. The summed E-state index contributed by atoms with van der Waals surface area (Å²) in [7, 11) is 0. The maximum absolute atomic E-state index is 5.52. The molecule has 0 aliphatic heterocycles. The standard InChI is InChI=1S/C16H34N2/c1-15(2)14-18(16-10-6-7-11-16)13-9-5-3-4-8-12-17/h15-16H,3-14,17H2,1-2H3. The van der Waals surface area contributed by atoms with E-state index in [9.17, 15) is 0 Å². The largest absolute Gasteiger partial charge is 0.330 e. The number of hydrogen-bond donors (Lipinski definition) is 1. The van der Waals surface area contributed by atoms with Crippen LogP contribution >= 0.6 is 0 Å². The van der Waals surface area contributed by atoms with Crippen LogP contribution in [0.4, 0.5) is 0 Å². The van der Waals surface area contributed by atoms with Gasteiger partial charge in [-0.2, -0.15) is 0 Å². The molecule has 2 heteroatoms. The fourth-order valence-electron chi connectivity index (χ4n) is 3.15. The number of rotatable bonds is 10. The first-order chi connectivity index (χ1) is 8.74. The van der Waals surface area contributed by atoms with Crippen molar-refractivity contribution >= 4 is 0 Å². The van der Waals surface area contributed by atoms with Crippen molar-refractivity contribution in [2.45, 2.75) is 77.7 Å². The monoisotopic (exact) mass is 254 g/mol. The van der Waals surface area contributed by atoms with Gasteiger partial charge in [-0.1, -0.05) is 46.0 Å². The van der Waals surface area contributed by atoms with Gasteiger partial charge in [0.2, 0.25) is 0 Å². The second kappa shape index (κ2) is 9.80. The zero-order valence-electron chi connectivity index (χ0n) is 12.7. The van der Waals surface area contributed by atoms with Crippen molar-refractivity contribution in [2.24, 2.45) is 11.7 Å². The molecule has 108 valence electrons. The minimum absolute atomic E-state index is 0.808. The maximum atomic E-state index is 5.52. The van der Waals surface area contributed by atoms with E-state index in [-0.39, 0.29) is 0 Å². The van der Waals surface area contributed by atoms with Crippen LogP contribution in [-0.4, -0.2) is 30.6 Å². The van der Waals surface area contributed by atoms with E-state index in [4.69, 9.17) is 5.73 Å². The zero-order valence-corrected chi connectivity index (χ0v) is 12.7. The van der Waals surface area contributed by atoms with Crippen molar-refractivity contribution in [3.63, 3.8) is 0 Å². The molecule has 0 saturated heterocycles. The van der Waals surface area contributed by atoms with Crippen molar-refractivity contribution < 1.29 is 0 Å². The first-order valence-corrected chi connectivity index (χ1v) is 8.18. The Kier molecular flexibility index (Phi) is 8.70. The second-order valence-electron chi connectivity index (χ2n) is 6.38. The number of hydrogen-bond acceptors (Lipinski definition) is 2. The smallest absolute Gasteiger partial charge is 0.00953 e. The Morgan fingerprint density at radius 3 is 2.22 bits per heavy atom. The predicted molar refractivity (Wildman–Crippen MR) is 80.8 cm³/mol. The highest BCUT2D eigenvalue weighted by Gasteiger charge is 2.22. The van der Waals surface area contributed by atoms with E-state index in [2.05, 4.69) is 18.7 Å². The van der Waals surface area contributed by atoms with E-state index < -0.39 is 0 Å². The summed E-state index contributed by atoms with van der Waals surface area (Å²) in [6.07, 6.45) is 12.5. The summed E-state index contributed by atoms with van der Waals surface area (Å²) in [4.78, 5) is 2.78. The van der Waals surface area contributed by atoms with Gasteiger partial charge in [-0.15, -0.1) is 0 Å². The van der Waals surface area contributed by atoms with Crippen LogP contribution < -0.4 is 5.73 Å². The average Bonchev–Trinajstić information content (AvgIpc) is 2.85. The summed E-state index contributed by atoms with van der Waals surface area (Å²) in [5, 5.41) is 0. The van der Waals surface area contributed by atoms with E-state index in [0.717, 1.165) is 18.5 Å². The molecule has 0 radical (unpaired) electrons. The third kappa shape index (κ3) is 6.75. The highest BCUT2D eigenvalue weighted by Crippen LogP contribution is 2.24. The van der Waals surface area contributed by atoms with Gasteiger partial charge in [0, 0.05) is 12.6 Å². The number of nitrogens with two attached hydrogens (primary N) is 1. The molecular weight excluding hydrogens is 220 g/mol. The first kappa shape index (κ1) is 16.0. The lowest BCUT2D eigenvalue weighted by Crippen LogP contribution is -2.37. The molecule has 18 heavy (non-hydrogen) atoms. The summed E-state index contributed by atoms with van der Waals surface area (Å²) in [6.45, 7) is 8.19. The quantitative estimate of drug-likeness (QED) is 0.601. The summed E-state index contributed by atoms with van der Waals surface area (Å²) >= 11 is 0. The van der Waals surface area contributed by atoms with Gasteiger partial charge in [0.25, 0.3) is 0 Å². The Morgan fingerprint density at radius 2 is 1.61 bits per heavy atom. The fourth-order valence-corrected chi connectivity index (χ4v) is 3.15. The zero-order chi connectivity index (χ0) is 13.2. The maximum Gasteiger partial charge on any atom is 0.00953 e. The van der Waals surface area contributed by atoms with Crippen LogP contribution in [0.3, 0.4) is 0 Å². The van der Waals surface area contributed by atoms with E-state index >= 15 is 0 Å². The van der Waals surface area contributed by atoms with Gasteiger partial charge >= 0.3 is 0 Å². The lowest BCUT2D eigenvalue weighted by Gasteiger charge is -2.30. The van der Waals surface area contributed by atoms with Gasteiger partial charge in [0.1, 0.15) is 0 Å². The van der Waals surface area contributed by atoms with E-state index in [1.807, 2.05) is 0 Å². The summed E-state index contributed by atoms with van der Waals surface area (Å²) in [6, 6.07) is 0.899. The third-order valence-electron chi connectivity index (χ3n) is 4.09. The Bertz CT molecular complexity index is 186. The third-order valence-corrected chi connectivity index (χ3v) is 4.09. The van der Waals surface area contributed by atoms with E-state index in [1.54, 1.807) is 0 Å². The molecule has 0 heterocycles. The van der Waals surface area contributed by atoms with Crippen LogP contribution in [0.2, 0.25) is 0 Å². The van der Waals surface area contributed by atoms with Gasteiger partial charge in [-0.3, -0.25) is 0 Å². The molecule has 1 aliphatic carbocycles.